The summed E-state index contributed by atoms with van der Waals surface area (Å²) in [5.74, 6) is -0.467. The van der Waals surface area contributed by atoms with Gasteiger partial charge in [-0.3, -0.25) is 4.79 Å². The van der Waals surface area contributed by atoms with Gasteiger partial charge in [-0.25, -0.2) is 0 Å². The Labute approximate surface area is 181 Å². The molecule has 0 atom stereocenters. The third kappa shape index (κ3) is 6.21. The Morgan fingerprint density at radius 1 is 1.28 bits per heavy atom. The molecule has 4 nitrogen and oxygen atoms in total. The van der Waals surface area contributed by atoms with Gasteiger partial charge in [0, 0.05) is 15.7 Å². The summed E-state index contributed by atoms with van der Waals surface area (Å²) in [6.07, 6.45) is -1.72. The van der Waals surface area contributed by atoms with E-state index >= 15 is 0 Å². The van der Waals surface area contributed by atoms with E-state index < -0.39 is 17.6 Å². The third-order valence-corrected chi connectivity index (χ3v) is 4.54. The maximum absolute atomic E-state index is 12.8. The zero-order chi connectivity index (χ0) is 21.6. The minimum atomic E-state index is -4.55. The van der Waals surface area contributed by atoms with Crippen molar-refractivity contribution < 1.29 is 22.7 Å². The molecule has 0 fully saturated rings. The summed E-state index contributed by atoms with van der Waals surface area (Å²) in [5, 5.41) is 11.7. The fourth-order valence-electron chi connectivity index (χ4n) is 2.26. The zero-order valence-electron chi connectivity index (χ0n) is 14.7. The molecule has 0 bridgehead atoms. The van der Waals surface area contributed by atoms with Gasteiger partial charge in [-0.2, -0.15) is 18.4 Å². The first-order valence-corrected chi connectivity index (χ1v) is 9.57. The molecule has 0 radical (unpaired) electrons. The number of anilines is 1. The molecule has 9 heteroatoms. The number of nitriles is 1. The summed E-state index contributed by atoms with van der Waals surface area (Å²) in [4.78, 5) is 12.4. The SMILES string of the molecule is C=CCOc1c(Br)cc(Br)cc1/C=C(\C#N)C(=O)Nc1cccc(C(F)(F)F)c1. The molecule has 1 amide bonds. The number of hydrogen-bond donors (Lipinski definition) is 1. The van der Waals surface area contributed by atoms with Crippen LogP contribution >= 0.6 is 31.9 Å². The highest BCUT2D eigenvalue weighted by Crippen LogP contribution is 2.35. The van der Waals surface area contributed by atoms with Crippen molar-refractivity contribution in [2.75, 3.05) is 11.9 Å². The third-order valence-electron chi connectivity index (χ3n) is 3.50. The molecule has 0 aliphatic heterocycles. The molecule has 0 aromatic heterocycles. The van der Waals surface area contributed by atoms with Crippen molar-refractivity contribution >= 4 is 49.5 Å². The molecule has 2 aromatic carbocycles. The van der Waals surface area contributed by atoms with Crippen LogP contribution in [0.1, 0.15) is 11.1 Å². The Morgan fingerprint density at radius 3 is 2.62 bits per heavy atom. The van der Waals surface area contributed by atoms with Gasteiger partial charge in [0.25, 0.3) is 5.91 Å². The van der Waals surface area contributed by atoms with Crippen molar-refractivity contribution in [1.29, 1.82) is 5.26 Å². The van der Waals surface area contributed by atoms with Crippen molar-refractivity contribution in [3.05, 3.63) is 74.7 Å². The predicted molar refractivity (Wildman–Crippen MR) is 111 cm³/mol. The zero-order valence-corrected chi connectivity index (χ0v) is 17.9. The number of ether oxygens (including phenoxy) is 1. The maximum atomic E-state index is 12.8. The number of amides is 1. The lowest BCUT2D eigenvalue weighted by Crippen LogP contribution is -2.14. The molecule has 0 aliphatic rings. The molecule has 0 unspecified atom stereocenters. The van der Waals surface area contributed by atoms with Crippen molar-refractivity contribution in [2.45, 2.75) is 6.18 Å². The Hall–Kier alpha value is -2.57. The van der Waals surface area contributed by atoms with E-state index in [-0.39, 0.29) is 17.9 Å². The first kappa shape index (κ1) is 22.7. The van der Waals surface area contributed by atoms with Crippen LogP contribution in [0.15, 0.2) is 63.6 Å². The highest BCUT2D eigenvalue weighted by atomic mass is 79.9. The minimum absolute atomic E-state index is 0.0791. The Balaban J connectivity index is 2.37. The van der Waals surface area contributed by atoms with Gasteiger partial charge in [-0.05, 0) is 52.3 Å². The summed E-state index contributed by atoms with van der Waals surface area (Å²) in [6, 6.07) is 9.27. The van der Waals surface area contributed by atoms with E-state index in [1.807, 2.05) is 0 Å². The summed E-state index contributed by atoms with van der Waals surface area (Å²) >= 11 is 6.67. The van der Waals surface area contributed by atoms with Gasteiger partial charge in [0.2, 0.25) is 0 Å². The molecular weight excluding hydrogens is 517 g/mol. The number of carbonyl (C=O) groups excluding carboxylic acids is 1. The predicted octanol–water partition coefficient (Wildman–Crippen LogP) is 6.34. The van der Waals surface area contributed by atoms with Gasteiger partial charge in [-0.1, -0.05) is 34.7 Å². The molecule has 0 saturated heterocycles. The molecule has 29 heavy (non-hydrogen) atoms. The van der Waals surface area contributed by atoms with Crippen molar-refractivity contribution in [3.63, 3.8) is 0 Å². The lowest BCUT2D eigenvalue weighted by atomic mass is 10.1. The van der Waals surface area contributed by atoms with Crippen LogP contribution in [-0.2, 0) is 11.0 Å². The lowest BCUT2D eigenvalue weighted by Gasteiger charge is -2.12. The van der Waals surface area contributed by atoms with Crippen LogP contribution in [0.4, 0.5) is 18.9 Å². The molecule has 150 valence electrons. The van der Waals surface area contributed by atoms with Crippen LogP contribution in [0.2, 0.25) is 0 Å². The van der Waals surface area contributed by atoms with Gasteiger partial charge in [0.1, 0.15) is 24.0 Å². The summed E-state index contributed by atoms with van der Waals surface area (Å²) in [5.41, 5.74) is -0.877. The first-order valence-electron chi connectivity index (χ1n) is 7.99. The lowest BCUT2D eigenvalue weighted by molar-refractivity contribution is -0.137. The molecular formula is C20H13Br2F3N2O2. The van der Waals surface area contributed by atoms with E-state index in [1.54, 1.807) is 18.2 Å². The number of benzene rings is 2. The second kappa shape index (κ2) is 9.76. The van der Waals surface area contributed by atoms with Crippen molar-refractivity contribution in [2.24, 2.45) is 0 Å². The Bertz CT molecular complexity index is 1010. The summed E-state index contributed by atoms with van der Waals surface area (Å²) in [6.45, 7) is 3.76. The maximum Gasteiger partial charge on any atom is 0.416 e. The van der Waals surface area contributed by atoms with Gasteiger partial charge in [0.05, 0.1) is 10.0 Å². The summed E-state index contributed by atoms with van der Waals surface area (Å²) < 4.78 is 45.3. The second-order valence-corrected chi connectivity index (χ2v) is 7.38. The molecule has 0 aliphatic carbocycles. The van der Waals surface area contributed by atoms with Crippen LogP contribution in [0, 0.1) is 11.3 Å². The number of hydrogen-bond acceptors (Lipinski definition) is 3. The van der Waals surface area contributed by atoms with Crippen molar-refractivity contribution in [3.8, 4) is 11.8 Å². The topological polar surface area (TPSA) is 62.1 Å². The number of alkyl halides is 3. The van der Waals surface area contributed by atoms with Gasteiger partial charge in [-0.15, -0.1) is 0 Å². The van der Waals surface area contributed by atoms with Crippen LogP contribution in [0.5, 0.6) is 5.75 Å². The van der Waals surface area contributed by atoms with E-state index in [1.165, 1.54) is 24.3 Å². The Kier molecular flexibility index (Phi) is 7.65. The normalized spacial score (nSPS) is 11.5. The number of halogens is 5. The molecule has 2 rings (SSSR count). The first-order chi connectivity index (χ1) is 13.7. The number of nitrogens with zero attached hydrogens (tertiary/aromatic N) is 1. The van der Waals surface area contributed by atoms with E-state index in [4.69, 9.17) is 4.74 Å². The monoisotopic (exact) mass is 528 g/mol. The largest absolute Gasteiger partial charge is 0.488 e. The van der Waals surface area contributed by atoms with E-state index in [9.17, 15) is 23.2 Å². The minimum Gasteiger partial charge on any atom is -0.488 e. The van der Waals surface area contributed by atoms with Gasteiger partial charge < -0.3 is 10.1 Å². The molecule has 2 aromatic rings. The highest BCUT2D eigenvalue weighted by Gasteiger charge is 2.30. The van der Waals surface area contributed by atoms with Gasteiger partial charge in [0.15, 0.2) is 0 Å². The van der Waals surface area contributed by atoms with Crippen molar-refractivity contribution in [1.82, 2.24) is 0 Å². The molecule has 0 saturated carbocycles. The average Bonchev–Trinajstić information content (AvgIpc) is 2.64. The number of nitrogens with one attached hydrogen (secondary N) is 1. The number of rotatable bonds is 6. The molecule has 0 heterocycles. The molecule has 1 N–H and O–H groups in total. The quantitative estimate of drug-likeness (QED) is 0.270. The second-order valence-electron chi connectivity index (χ2n) is 5.61. The number of carbonyl (C=O) groups is 1. The highest BCUT2D eigenvalue weighted by molar-refractivity contribution is 9.11. The fraction of sp³-hybridized carbons (Fsp3) is 0.100. The van der Waals surface area contributed by atoms with Gasteiger partial charge >= 0.3 is 6.18 Å². The molecule has 0 spiro atoms. The van der Waals surface area contributed by atoms with Crippen LogP contribution in [0.3, 0.4) is 0 Å². The average molecular weight is 530 g/mol. The van der Waals surface area contributed by atoms with E-state index in [2.05, 4.69) is 43.8 Å². The fourth-order valence-corrected chi connectivity index (χ4v) is 3.63. The van der Waals surface area contributed by atoms with E-state index in [0.717, 1.165) is 12.1 Å². The summed E-state index contributed by atoms with van der Waals surface area (Å²) in [7, 11) is 0. The van der Waals surface area contributed by atoms with Crippen LogP contribution in [0.25, 0.3) is 6.08 Å². The smallest absolute Gasteiger partial charge is 0.416 e. The standard InChI is InChI=1S/C20H13Br2F3N2O2/c1-2-6-29-18-12(8-15(21)10-17(18)22)7-13(11-26)19(28)27-16-5-3-4-14(9-16)20(23,24)25/h2-5,7-10H,1,6H2,(H,27,28)/b13-7+. The van der Waals surface area contributed by atoms with E-state index in [0.29, 0.717) is 20.3 Å². The van der Waals surface area contributed by atoms with Crippen LogP contribution < -0.4 is 10.1 Å². The Morgan fingerprint density at radius 2 is 2.00 bits per heavy atom. The van der Waals surface area contributed by atoms with Crippen LogP contribution in [-0.4, -0.2) is 12.5 Å².